The van der Waals surface area contributed by atoms with Crippen LogP contribution in [-0.2, 0) is 17.8 Å². The summed E-state index contributed by atoms with van der Waals surface area (Å²) in [6, 6.07) is 18.0. The van der Waals surface area contributed by atoms with Crippen LogP contribution < -0.4 is 5.32 Å². The summed E-state index contributed by atoms with van der Waals surface area (Å²) in [5.74, 6) is 0.169. The molecule has 5 nitrogen and oxygen atoms in total. The van der Waals surface area contributed by atoms with E-state index in [1.54, 1.807) is 4.90 Å². The highest BCUT2D eigenvalue weighted by Crippen LogP contribution is 2.12. The molecule has 1 aliphatic rings. The Labute approximate surface area is 161 Å². The molecule has 27 heavy (non-hydrogen) atoms. The number of rotatable bonds is 5. The third kappa shape index (κ3) is 5.33. The van der Waals surface area contributed by atoms with Crippen LogP contribution in [0.25, 0.3) is 0 Å². The van der Waals surface area contributed by atoms with Crippen LogP contribution in [0.3, 0.4) is 0 Å². The molecule has 0 unspecified atom stereocenters. The maximum absolute atomic E-state index is 12.5. The molecule has 0 spiro atoms. The van der Waals surface area contributed by atoms with Gasteiger partial charge in [-0.1, -0.05) is 54.6 Å². The lowest BCUT2D eigenvalue weighted by atomic mass is 10.0. The molecule has 0 atom stereocenters. The lowest BCUT2D eigenvalue weighted by Crippen LogP contribution is -2.53. The fraction of sp³-hybridized carbons (Fsp3) is 0.364. The van der Waals surface area contributed by atoms with E-state index in [1.165, 1.54) is 11.1 Å². The molecule has 1 saturated heterocycles. The fourth-order valence-corrected chi connectivity index (χ4v) is 3.33. The second-order valence-electron chi connectivity index (χ2n) is 6.94. The summed E-state index contributed by atoms with van der Waals surface area (Å²) in [6.45, 7) is 4.96. The smallest absolute Gasteiger partial charge is 0.317 e. The topological polar surface area (TPSA) is 52.7 Å². The van der Waals surface area contributed by atoms with Crippen LogP contribution in [0.4, 0.5) is 4.79 Å². The summed E-state index contributed by atoms with van der Waals surface area (Å²) in [4.78, 5) is 28.4. The van der Waals surface area contributed by atoms with Gasteiger partial charge in [-0.2, -0.15) is 0 Å². The van der Waals surface area contributed by atoms with Gasteiger partial charge in [0.1, 0.15) is 0 Å². The average Bonchev–Trinajstić information content (AvgIpc) is 2.72. The van der Waals surface area contributed by atoms with Crippen molar-refractivity contribution in [3.05, 3.63) is 71.3 Å². The van der Waals surface area contributed by atoms with Crippen LogP contribution in [-0.4, -0.2) is 47.9 Å². The third-order valence-electron chi connectivity index (χ3n) is 5.08. The number of nitrogens with one attached hydrogen (secondary N) is 1. The first-order valence-electron chi connectivity index (χ1n) is 9.52. The summed E-state index contributed by atoms with van der Waals surface area (Å²) in [6.07, 6.45) is 1.29. The molecule has 1 N–H and O–H groups in total. The van der Waals surface area contributed by atoms with Crippen LogP contribution in [0.1, 0.15) is 23.1 Å². The predicted octanol–water partition coefficient (Wildman–Crippen LogP) is 2.98. The lowest BCUT2D eigenvalue weighted by molar-refractivity contribution is -0.132. The third-order valence-corrected chi connectivity index (χ3v) is 5.08. The molecule has 0 aliphatic carbocycles. The van der Waals surface area contributed by atoms with Gasteiger partial charge in [-0.25, -0.2) is 4.79 Å². The van der Waals surface area contributed by atoms with E-state index < -0.39 is 0 Å². The van der Waals surface area contributed by atoms with Gasteiger partial charge in [0.05, 0.1) is 0 Å². The SMILES string of the molecule is Cc1ccccc1CCC(=O)N1CCN(C(=O)NCc2ccccc2)CC1. The standard InChI is InChI=1S/C22H27N3O2/c1-18-7-5-6-10-20(18)11-12-21(26)24-13-15-25(16-14-24)22(27)23-17-19-8-3-2-4-9-19/h2-10H,11-17H2,1H3,(H,23,27). The van der Waals surface area contributed by atoms with Crippen molar-refractivity contribution < 1.29 is 9.59 Å². The number of piperazine rings is 1. The first-order valence-corrected chi connectivity index (χ1v) is 9.52. The zero-order chi connectivity index (χ0) is 19.1. The zero-order valence-electron chi connectivity index (χ0n) is 15.9. The van der Waals surface area contributed by atoms with E-state index in [-0.39, 0.29) is 11.9 Å². The molecule has 0 aromatic heterocycles. The van der Waals surface area contributed by atoms with Crippen molar-refractivity contribution in [1.82, 2.24) is 15.1 Å². The van der Waals surface area contributed by atoms with E-state index in [0.29, 0.717) is 39.1 Å². The van der Waals surface area contributed by atoms with Crippen LogP contribution in [0.15, 0.2) is 54.6 Å². The van der Waals surface area contributed by atoms with Crippen LogP contribution >= 0.6 is 0 Å². The molecule has 3 rings (SSSR count). The second kappa shape index (κ2) is 9.21. The van der Waals surface area contributed by atoms with E-state index in [9.17, 15) is 9.59 Å². The molecule has 142 valence electrons. The Morgan fingerprint density at radius 3 is 2.22 bits per heavy atom. The van der Waals surface area contributed by atoms with Gasteiger partial charge in [-0.15, -0.1) is 0 Å². The van der Waals surface area contributed by atoms with Crippen LogP contribution in [0.2, 0.25) is 0 Å². The fourth-order valence-electron chi connectivity index (χ4n) is 3.33. The number of carbonyl (C=O) groups is 2. The van der Waals surface area contributed by atoms with E-state index in [0.717, 1.165) is 12.0 Å². The monoisotopic (exact) mass is 365 g/mol. The lowest BCUT2D eigenvalue weighted by Gasteiger charge is -2.34. The molecule has 3 amide bonds. The van der Waals surface area contributed by atoms with Gasteiger partial charge in [0.25, 0.3) is 0 Å². The van der Waals surface area contributed by atoms with Gasteiger partial charge in [0.15, 0.2) is 0 Å². The van der Waals surface area contributed by atoms with Crippen LogP contribution in [0.5, 0.6) is 0 Å². The summed E-state index contributed by atoms with van der Waals surface area (Å²) in [5, 5.41) is 2.95. The zero-order valence-corrected chi connectivity index (χ0v) is 15.9. The Morgan fingerprint density at radius 1 is 0.889 bits per heavy atom. The van der Waals surface area contributed by atoms with Crippen molar-refractivity contribution in [1.29, 1.82) is 0 Å². The molecule has 0 saturated carbocycles. The minimum atomic E-state index is -0.0640. The number of hydrogen-bond acceptors (Lipinski definition) is 2. The first kappa shape index (κ1) is 19.0. The quantitative estimate of drug-likeness (QED) is 0.886. The normalized spacial score (nSPS) is 14.1. The van der Waals surface area contributed by atoms with Crippen molar-refractivity contribution in [2.45, 2.75) is 26.3 Å². The van der Waals surface area contributed by atoms with Crippen LogP contribution in [0, 0.1) is 6.92 Å². The van der Waals surface area contributed by atoms with Gasteiger partial charge < -0.3 is 15.1 Å². The molecule has 5 heteroatoms. The Morgan fingerprint density at radius 2 is 1.52 bits per heavy atom. The largest absolute Gasteiger partial charge is 0.339 e. The second-order valence-corrected chi connectivity index (χ2v) is 6.94. The number of aryl methyl sites for hydroxylation is 2. The Balaban J connectivity index is 1.40. The summed E-state index contributed by atoms with van der Waals surface area (Å²) < 4.78 is 0. The first-order chi connectivity index (χ1) is 13.1. The van der Waals surface area contributed by atoms with E-state index in [1.807, 2.05) is 47.4 Å². The van der Waals surface area contributed by atoms with Crippen molar-refractivity contribution in [3.63, 3.8) is 0 Å². The number of carbonyl (C=O) groups excluding carboxylic acids is 2. The predicted molar refractivity (Wildman–Crippen MR) is 106 cm³/mol. The van der Waals surface area contributed by atoms with Crippen molar-refractivity contribution in [3.8, 4) is 0 Å². The van der Waals surface area contributed by atoms with Crippen molar-refractivity contribution in [2.24, 2.45) is 0 Å². The number of nitrogens with zero attached hydrogens (tertiary/aromatic N) is 2. The highest BCUT2D eigenvalue weighted by Gasteiger charge is 2.23. The van der Waals surface area contributed by atoms with Gasteiger partial charge >= 0.3 is 6.03 Å². The number of hydrogen-bond donors (Lipinski definition) is 1. The van der Waals surface area contributed by atoms with Gasteiger partial charge in [0, 0.05) is 39.1 Å². The van der Waals surface area contributed by atoms with E-state index >= 15 is 0 Å². The van der Waals surface area contributed by atoms with Gasteiger partial charge in [0.2, 0.25) is 5.91 Å². The minimum Gasteiger partial charge on any atom is -0.339 e. The van der Waals surface area contributed by atoms with E-state index in [2.05, 4.69) is 24.4 Å². The molecule has 2 aromatic carbocycles. The summed E-state index contributed by atoms with van der Waals surface area (Å²) >= 11 is 0. The van der Waals surface area contributed by atoms with E-state index in [4.69, 9.17) is 0 Å². The maximum Gasteiger partial charge on any atom is 0.317 e. The van der Waals surface area contributed by atoms with Gasteiger partial charge in [-0.05, 0) is 30.0 Å². The highest BCUT2D eigenvalue weighted by molar-refractivity contribution is 5.78. The number of amides is 3. The number of urea groups is 1. The molecular formula is C22H27N3O2. The maximum atomic E-state index is 12.5. The highest BCUT2D eigenvalue weighted by atomic mass is 16.2. The molecule has 1 fully saturated rings. The molecular weight excluding hydrogens is 338 g/mol. The Hall–Kier alpha value is -2.82. The molecule has 2 aromatic rings. The molecule has 1 heterocycles. The van der Waals surface area contributed by atoms with Gasteiger partial charge in [-0.3, -0.25) is 4.79 Å². The molecule has 0 bridgehead atoms. The molecule has 0 radical (unpaired) electrons. The molecule has 1 aliphatic heterocycles. The summed E-state index contributed by atoms with van der Waals surface area (Å²) in [5.41, 5.74) is 3.53. The Bertz CT molecular complexity index is 768. The minimum absolute atomic E-state index is 0.0640. The Kier molecular flexibility index (Phi) is 6.47. The summed E-state index contributed by atoms with van der Waals surface area (Å²) in [7, 11) is 0. The van der Waals surface area contributed by atoms with Crippen molar-refractivity contribution in [2.75, 3.05) is 26.2 Å². The average molecular weight is 365 g/mol. The number of benzene rings is 2. The van der Waals surface area contributed by atoms with Crippen molar-refractivity contribution >= 4 is 11.9 Å².